The van der Waals surface area contributed by atoms with Gasteiger partial charge in [0, 0.05) is 19.3 Å². The molecule has 92 valence electrons. The lowest BCUT2D eigenvalue weighted by Gasteiger charge is -2.01. The summed E-state index contributed by atoms with van der Waals surface area (Å²) >= 11 is 0. The summed E-state index contributed by atoms with van der Waals surface area (Å²) in [6, 6.07) is 0. The topological polar surface area (TPSA) is 59.8 Å². The number of unbranched alkanes of at least 4 members (excludes halogenated alkanes) is 4. The van der Waals surface area contributed by atoms with Gasteiger partial charge in [-0.15, -0.1) is 5.10 Å². The van der Waals surface area contributed by atoms with Gasteiger partial charge < -0.3 is 5.32 Å². The molecule has 0 saturated heterocycles. The first kappa shape index (κ1) is 13.7. The average Bonchev–Trinajstić information content (AvgIpc) is 2.80. The van der Waals surface area contributed by atoms with E-state index in [9.17, 15) is 4.79 Å². The summed E-state index contributed by atoms with van der Waals surface area (Å²) in [5.74, 6) is 0. The number of aryl methyl sites for hydroxylation is 1. The van der Waals surface area contributed by atoms with Crippen LogP contribution in [0.15, 0.2) is 6.20 Å². The van der Waals surface area contributed by atoms with Gasteiger partial charge in [0.15, 0.2) is 0 Å². The number of carbonyl (C=O) groups is 1. The molecule has 0 fully saturated rings. The van der Waals surface area contributed by atoms with E-state index in [4.69, 9.17) is 7.85 Å². The Balaban J connectivity index is 1.95. The average molecular weight is 234 g/mol. The minimum absolute atomic E-state index is 0.448. The lowest BCUT2D eigenvalue weighted by Crippen LogP contribution is -2.11. The van der Waals surface area contributed by atoms with Gasteiger partial charge in [-0.05, 0) is 19.2 Å². The van der Waals surface area contributed by atoms with Gasteiger partial charge in [0.2, 0.25) is 6.41 Å². The third-order valence-electron chi connectivity index (χ3n) is 2.59. The predicted octanol–water partition coefficient (Wildman–Crippen LogP) is 0.643. The third kappa shape index (κ3) is 6.09. The van der Waals surface area contributed by atoms with Crippen LogP contribution in [0.1, 0.15) is 37.8 Å². The standard InChI is InChI=1S/C11H19BN4O/c12-8-11-9-16(15-14-11)7-5-3-1-2-4-6-13-10-17/h9-10H,1-8H2,(H,13,17). The van der Waals surface area contributed by atoms with E-state index in [2.05, 4.69) is 15.6 Å². The SMILES string of the molecule is [B]Cc1cn(CCCCCCCNC=O)nn1. The molecule has 1 aromatic rings. The summed E-state index contributed by atoms with van der Waals surface area (Å²) in [4.78, 5) is 9.99. The number of nitrogens with one attached hydrogen (secondary N) is 1. The van der Waals surface area contributed by atoms with E-state index < -0.39 is 0 Å². The van der Waals surface area contributed by atoms with Gasteiger partial charge in [0.05, 0.1) is 13.5 Å². The van der Waals surface area contributed by atoms with Crippen molar-refractivity contribution in [3.8, 4) is 0 Å². The summed E-state index contributed by atoms with van der Waals surface area (Å²) in [5, 5.41) is 10.6. The zero-order chi connectivity index (χ0) is 12.3. The fraction of sp³-hybridized carbons (Fsp3) is 0.727. The second kappa shape index (κ2) is 8.78. The van der Waals surface area contributed by atoms with E-state index in [-0.39, 0.29) is 0 Å². The third-order valence-corrected chi connectivity index (χ3v) is 2.59. The Hall–Kier alpha value is -1.33. The summed E-state index contributed by atoms with van der Waals surface area (Å²) in [7, 11) is 5.45. The van der Waals surface area contributed by atoms with Crippen molar-refractivity contribution in [2.75, 3.05) is 6.54 Å². The van der Waals surface area contributed by atoms with Crippen LogP contribution in [0.2, 0.25) is 0 Å². The molecular formula is C11H19BN4O. The van der Waals surface area contributed by atoms with Crippen LogP contribution in [0.25, 0.3) is 0 Å². The molecule has 1 aromatic heterocycles. The molecule has 17 heavy (non-hydrogen) atoms. The van der Waals surface area contributed by atoms with Crippen molar-refractivity contribution in [1.82, 2.24) is 20.3 Å². The van der Waals surface area contributed by atoms with E-state index in [1.807, 2.05) is 10.9 Å². The molecule has 0 bridgehead atoms. The summed E-state index contributed by atoms with van der Waals surface area (Å²) < 4.78 is 1.84. The van der Waals surface area contributed by atoms with Crippen molar-refractivity contribution < 1.29 is 4.79 Å². The van der Waals surface area contributed by atoms with E-state index >= 15 is 0 Å². The summed E-state index contributed by atoms with van der Waals surface area (Å²) in [6.45, 7) is 1.69. The largest absolute Gasteiger partial charge is 0.359 e. The van der Waals surface area contributed by atoms with Gasteiger partial charge >= 0.3 is 0 Å². The molecular weight excluding hydrogens is 215 g/mol. The van der Waals surface area contributed by atoms with Gasteiger partial charge in [0.25, 0.3) is 0 Å². The highest BCUT2D eigenvalue weighted by Gasteiger charge is 1.97. The number of rotatable bonds is 10. The predicted molar refractivity (Wildman–Crippen MR) is 66.6 cm³/mol. The fourth-order valence-corrected chi connectivity index (χ4v) is 1.63. The molecule has 5 nitrogen and oxygen atoms in total. The lowest BCUT2D eigenvalue weighted by atomic mass is 10.0. The van der Waals surface area contributed by atoms with Crippen LogP contribution < -0.4 is 5.32 Å². The van der Waals surface area contributed by atoms with Gasteiger partial charge in [-0.25, -0.2) is 0 Å². The number of aromatic nitrogens is 3. The van der Waals surface area contributed by atoms with Crippen LogP contribution in [0.5, 0.6) is 0 Å². The molecule has 0 unspecified atom stereocenters. The van der Waals surface area contributed by atoms with Crippen molar-refractivity contribution in [1.29, 1.82) is 0 Å². The molecule has 0 saturated carbocycles. The zero-order valence-corrected chi connectivity index (χ0v) is 10.1. The van der Waals surface area contributed by atoms with Crippen LogP contribution in [0.3, 0.4) is 0 Å². The van der Waals surface area contributed by atoms with Crippen molar-refractivity contribution in [3.05, 3.63) is 11.9 Å². The quantitative estimate of drug-likeness (QED) is 0.367. The summed E-state index contributed by atoms with van der Waals surface area (Å²) in [5.41, 5.74) is 0.838. The molecule has 2 radical (unpaired) electrons. The number of carbonyl (C=O) groups excluding carboxylic acids is 1. The Morgan fingerprint density at radius 3 is 2.76 bits per heavy atom. The second-order valence-corrected chi connectivity index (χ2v) is 4.02. The smallest absolute Gasteiger partial charge is 0.207 e. The van der Waals surface area contributed by atoms with E-state index in [0.29, 0.717) is 6.32 Å². The van der Waals surface area contributed by atoms with Crippen LogP contribution in [0.4, 0.5) is 0 Å². The maximum absolute atomic E-state index is 9.99. The zero-order valence-electron chi connectivity index (χ0n) is 10.1. The molecule has 0 spiro atoms. The molecule has 0 atom stereocenters. The number of amides is 1. The normalized spacial score (nSPS) is 10.4. The maximum atomic E-state index is 9.99. The van der Waals surface area contributed by atoms with Gasteiger partial charge in [-0.3, -0.25) is 9.48 Å². The molecule has 1 rings (SSSR count). The highest BCUT2D eigenvalue weighted by Crippen LogP contribution is 2.04. The first-order chi connectivity index (χ1) is 8.36. The monoisotopic (exact) mass is 234 g/mol. The number of nitrogens with zero attached hydrogens (tertiary/aromatic N) is 3. The molecule has 0 aliphatic rings. The minimum Gasteiger partial charge on any atom is -0.359 e. The second-order valence-electron chi connectivity index (χ2n) is 4.02. The van der Waals surface area contributed by atoms with Crippen molar-refractivity contribution in [3.63, 3.8) is 0 Å². The highest BCUT2D eigenvalue weighted by molar-refractivity contribution is 6.08. The molecule has 6 heteroatoms. The van der Waals surface area contributed by atoms with Crippen LogP contribution in [-0.2, 0) is 17.7 Å². The van der Waals surface area contributed by atoms with Crippen molar-refractivity contribution in [2.24, 2.45) is 0 Å². The molecule has 1 heterocycles. The Morgan fingerprint density at radius 2 is 2.06 bits per heavy atom. The highest BCUT2D eigenvalue weighted by atomic mass is 16.1. The van der Waals surface area contributed by atoms with Gasteiger partial charge in [-0.1, -0.05) is 24.5 Å². The first-order valence-electron chi connectivity index (χ1n) is 6.13. The van der Waals surface area contributed by atoms with Crippen LogP contribution in [-0.4, -0.2) is 35.8 Å². The molecule has 0 aromatic carbocycles. The lowest BCUT2D eigenvalue weighted by molar-refractivity contribution is -0.109. The number of hydrogen-bond donors (Lipinski definition) is 1. The van der Waals surface area contributed by atoms with Gasteiger partial charge in [-0.2, -0.15) is 0 Å². The summed E-state index contributed by atoms with van der Waals surface area (Å²) in [6.07, 6.45) is 8.79. The van der Waals surface area contributed by atoms with E-state index in [0.717, 1.165) is 44.5 Å². The molecule has 1 amide bonds. The van der Waals surface area contributed by atoms with E-state index in [1.54, 1.807) is 0 Å². The van der Waals surface area contributed by atoms with Crippen LogP contribution >= 0.6 is 0 Å². The fourth-order valence-electron chi connectivity index (χ4n) is 1.63. The molecule has 1 N–H and O–H groups in total. The molecule has 0 aliphatic carbocycles. The van der Waals surface area contributed by atoms with E-state index in [1.165, 1.54) is 12.8 Å². The number of hydrogen-bond acceptors (Lipinski definition) is 3. The van der Waals surface area contributed by atoms with Crippen molar-refractivity contribution in [2.45, 2.75) is 45.0 Å². The Kier molecular flexibility index (Phi) is 7.10. The van der Waals surface area contributed by atoms with Crippen molar-refractivity contribution >= 4 is 14.3 Å². The first-order valence-corrected chi connectivity index (χ1v) is 6.13. The Morgan fingerprint density at radius 1 is 1.29 bits per heavy atom. The minimum atomic E-state index is 0.448. The Bertz CT molecular complexity index is 316. The molecule has 0 aliphatic heterocycles. The Labute approximate surface area is 103 Å². The van der Waals surface area contributed by atoms with Crippen LogP contribution in [0, 0.1) is 0 Å². The van der Waals surface area contributed by atoms with Gasteiger partial charge in [0.1, 0.15) is 0 Å². The maximum Gasteiger partial charge on any atom is 0.207 e.